The molecule has 0 radical (unpaired) electrons. The van der Waals surface area contributed by atoms with Crippen LogP contribution in [0.2, 0.25) is 5.02 Å². The van der Waals surface area contributed by atoms with Crippen LogP contribution in [0.25, 0.3) is 0 Å². The number of hydrogen-bond acceptors (Lipinski definition) is 5. The van der Waals surface area contributed by atoms with E-state index in [-0.39, 0.29) is 18.1 Å². The van der Waals surface area contributed by atoms with Gasteiger partial charge in [0.25, 0.3) is 5.91 Å². The summed E-state index contributed by atoms with van der Waals surface area (Å²) in [6.45, 7) is 0.0559. The second-order valence-electron chi connectivity index (χ2n) is 5.53. The quantitative estimate of drug-likeness (QED) is 0.670. The fraction of sp³-hybridized carbons (Fsp3) is 0.105. The number of methoxy groups -OCH3 is 1. The highest BCUT2D eigenvalue weighted by atomic mass is 35.5. The maximum atomic E-state index is 13.6. The summed E-state index contributed by atoms with van der Waals surface area (Å²) in [5.74, 6) is 0.142. The fourth-order valence-corrected chi connectivity index (χ4v) is 2.55. The van der Waals surface area contributed by atoms with Gasteiger partial charge in [-0.3, -0.25) is 4.79 Å². The van der Waals surface area contributed by atoms with Crippen LogP contribution in [0.5, 0.6) is 5.75 Å². The number of aromatic nitrogens is 2. The third-order valence-electron chi connectivity index (χ3n) is 3.72. The maximum absolute atomic E-state index is 13.6. The summed E-state index contributed by atoms with van der Waals surface area (Å²) >= 11 is 6.01. The van der Waals surface area contributed by atoms with Gasteiger partial charge in [0.1, 0.15) is 29.4 Å². The van der Waals surface area contributed by atoms with Crippen molar-refractivity contribution in [2.45, 2.75) is 6.54 Å². The van der Waals surface area contributed by atoms with Gasteiger partial charge in [-0.15, -0.1) is 0 Å². The zero-order valence-electron chi connectivity index (χ0n) is 14.4. The Bertz CT molecular complexity index is 968. The molecule has 1 heterocycles. The number of rotatable bonds is 6. The second kappa shape index (κ2) is 8.46. The lowest BCUT2D eigenvalue weighted by Gasteiger charge is -2.11. The molecule has 1 aromatic heterocycles. The molecular weight excluding hydrogens is 371 g/mol. The zero-order valence-corrected chi connectivity index (χ0v) is 15.1. The number of ether oxygens (including phenoxy) is 1. The molecule has 3 rings (SSSR count). The van der Waals surface area contributed by atoms with Gasteiger partial charge in [0.05, 0.1) is 12.8 Å². The molecular formula is C19H16ClFN4O2. The van der Waals surface area contributed by atoms with Gasteiger partial charge < -0.3 is 15.4 Å². The summed E-state index contributed by atoms with van der Waals surface area (Å²) in [5.41, 5.74) is 1.13. The lowest BCUT2D eigenvalue weighted by Crippen LogP contribution is -2.24. The summed E-state index contributed by atoms with van der Waals surface area (Å²) in [5, 5.41) is 6.20. The molecule has 27 heavy (non-hydrogen) atoms. The predicted octanol–water partition coefficient (Wildman–Crippen LogP) is 3.95. The van der Waals surface area contributed by atoms with Crippen molar-refractivity contribution < 1.29 is 13.9 Å². The van der Waals surface area contributed by atoms with Crippen molar-refractivity contribution in [1.29, 1.82) is 0 Å². The molecule has 0 aliphatic carbocycles. The van der Waals surface area contributed by atoms with Crippen molar-refractivity contribution in [1.82, 2.24) is 15.3 Å². The molecule has 0 fully saturated rings. The molecule has 0 bridgehead atoms. The minimum absolute atomic E-state index is 0.0559. The smallest absolute Gasteiger partial charge is 0.270 e. The van der Waals surface area contributed by atoms with E-state index in [0.29, 0.717) is 27.8 Å². The van der Waals surface area contributed by atoms with Crippen molar-refractivity contribution >= 4 is 29.0 Å². The van der Waals surface area contributed by atoms with E-state index in [1.165, 1.54) is 25.6 Å². The minimum atomic E-state index is -0.443. The van der Waals surface area contributed by atoms with Gasteiger partial charge in [-0.1, -0.05) is 29.8 Å². The number of carbonyl (C=O) groups excluding carboxylic acids is 1. The molecule has 8 heteroatoms. The van der Waals surface area contributed by atoms with Gasteiger partial charge in [-0.05, 0) is 24.3 Å². The summed E-state index contributed by atoms with van der Waals surface area (Å²) in [6.07, 6.45) is 1.26. The van der Waals surface area contributed by atoms with E-state index >= 15 is 0 Å². The molecule has 2 aromatic carbocycles. The largest absolute Gasteiger partial charge is 0.495 e. The Morgan fingerprint density at radius 2 is 2.00 bits per heavy atom. The Hall–Kier alpha value is -3.19. The van der Waals surface area contributed by atoms with Crippen molar-refractivity contribution in [3.8, 4) is 5.75 Å². The van der Waals surface area contributed by atoms with E-state index in [2.05, 4.69) is 20.6 Å². The van der Waals surface area contributed by atoms with Crippen LogP contribution in [-0.2, 0) is 6.54 Å². The molecule has 138 valence electrons. The molecule has 0 atom stereocenters. The van der Waals surface area contributed by atoms with Crippen LogP contribution < -0.4 is 15.4 Å². The third-order valence-corrected chi connectivity index (χ3v) is 3.96. The first-order valence-corrected chi connectivity index (χ1v) is 8.39. The number of hydrogen-bond donors (Lipinski definition) is 2. The number of amides is 1. The standard InChI is InChI=1S/C19H16ClFN4O2/c1-27-17-7-6-13(20)8-15(17)25-18-9-16(23-11-24-18)19(26)22-10-12-4-2-3-5-14(12)21/h2-9,11H,10H2,1H3,(H,22,26)(H,23,24,25). The highest BCUT2D eigenvalue weighted by molar-refractivity contribution is 6.31. The van der Waals surface area contributed by atoms with Crippen LogP contribution >= 0.6 is 11.6 Å². The zero-order chi connectivity index (χ0) is 19.2. The first-order chi connectivity index (χ1) is 13.1. The monoisotopic (exact) mass is 386 g/mol. The molecule has 2 N–H and O–H groups in total. The first kappa shape index (κ1) is 18.6. The highest BCUT2D eigenvalue weighted by Crippen LogP contribution is 2.29. The van der Waals surface area contributed by atoms with Crippen LogP contribution in [0.1, 0.15) is 16.1 Å². The molecule has 3 aromatic rings. The Balaban J connectivity index is 1.73. The first-order valence-electron chi connectivity index (χ1n) is 8.01. The van der Waals surface area contributed by atoms with E-state index in [0.717, 1.165) is 0 Å². The molecule has 1 amide bonds. The summed E-state index contributed by atoms with van der Waals surface area (Å²) in [4.78, 5) is 20.4. The molecule has 0 aliphatic heterocycles. The van der Waals surface area contributed by atoms with Gasteiger partial charge in [-0.2, -0.15) is 0 Å². The summed E-state index contributed by atoms with van der Waals surface area (Å²) in [6, 6.07) is 12.8. The van der Waals surface area contributed by atoms with E-state index in [4.69, 9.17) is 16.3 Å². The Morgan fingerprint density at radius 1 is 1.19 bits per heavy atom. The number of halogens is 2. The van der Waals surface area contributed by atoms with Crippen molar-refractivity contribution in [3.05, 3.63) is 77.0 Å². The fourth-order valence-electron chi connectivity index (χ4n) is 2.37. The molecule has 0 saturated heterocycles. The SMILES string of the molecule is COc1ccc(Cl)cc1Nc1cc(C(=O)NCc2ccccc2F)ncn1. The highest BCUT2D eigenvalue weighted by Gasteiger charge is 2.11. The van der Waals surface area contributed by atoms with Crippen LogP contribution in [0.3, 0.4) is 0 Å². The van der Waals surface area contributed by atoms with Gasteiger partial charge in [0.15, 0.2) is 0 Å². The maximum Gasteiger partial charge on any atom is 0.270 e. The molecule has 0 spiro atoms. The number of anilines is 2. The molecule has 6 nitrogen and oxygen atoms in total. The Morgan fingerprint density at radius 3 is 2.78 bits per heavy atom. The summed E-state index contributed by atoms with van der Waals surface area (Å²) < 4.78 is 18.9. The minimum Gasteiger partial charge on any atom is -0.495 e. The average molecular weight is 387 g/mol. The Kier molecular flexibility index (Phi) is 5.83. The van der Waals surface area contributed by atoms with Crippen LogP contribution in [-0.4, -0.2) is 23.0 Å². The van der Waals surface area contributed by atoms with E-state index in [9.17, 15) is 9.18 Å². The normalized spacial score (nSPS) is 10.3. The van der Waals surface area contributed by atoms with Crippen molar-refractivity contribution in [2.24, 2.45) is 0 Å². The predicted molar refractivity (Wildman–Crippen MR) is 101 cm³/mol. The van der Waals surface area contributed by atoms with Crippen LogP contribution in [0, 0.1) is 5.82 Å². The van der Waals surface area contributed by atoms with Crippen molar-refractivity contribution in [2.75, 3.05) is 12.4 Å². The number of nitrogens with zero attached hydrogens (tertiary/aromatic N) is 2. The van der Waals surface area contributed by atoms with Gasteiger partial charge in [0.2, 0.25) is 0 Å². The average Bonchev–Trinajstić information content (AvgIpc) is 2.67. The molecule has 0 aliphatic rings. The lowest BCUT2D eigenvalue weighted by molar-refractivity contribution is 0.0945. The Labute approximate surface area is 160 Å². The molecule has 0 saturated carbocycles. The lowest BCUT2D eigenvalue weighted by atomic mass is 10.2. The number of carbonyl (C=O) groups is 1. The van der Waals surface area contributed by atoms with Crippen molar-refractivity contribution in [3.63, 3.8) is 0 Å². The summed E-state index contributed by atoms with van der Waals surface area (Å²) in [7, 11) is 1.54. The van der Waals surface area contributed by atoms with E-state index in [1.54, 1.807) is 36.4 Å². The van der Waals surface area contributed by atoms with Gasteiger partial charge in [0, 0.05) is 23.2 Å². The van der Waals surface area contributed by atoms with Crippen LogP contribution in [0.4, 0.5) is 15.9 Å². The third kappa shape index (κ3) is 4.71. The second-order valence-corrected chi connectivity index (χ2v) is 5.97. The van der Waals surface area contributed by atoms with Gasteiger partial charge in [-0.25, -0.2) is 14.4 Å². The number of nitrogens with one attached hydrogen (secondary N) is 2. The van der Waals surface area contributed by atoms with Crippen LogP contribution in [0.15, 0.2) is 54.9 Å². The van der Waals surface area contributed by atoms with E-state index in [1.807, 2.05) is 0 Å². The molecule has 0 unspecified atom stereocenters. The van der Waals surface area contributed by atoms with Gasteiger partial charge >= 0.3 is 0 Å². The van der Waals surface area contributed by atoms with E-state index < -0.39 is 5.91 Å². The number of benzene rings is 2. The topological polar surface area (TPSA) is 76.1 Å².